The lowest BCUT2D eigenvalue weighted by Crippen LogP contribution is -2.21. The van der Waals surface area contributed by atoms with E-state index in [1.807, 2.05) is 0 Å². The number of carbonyl (C=O) groups excluding carboxylic acids is 1. The zero-order valence-electron chi connectivity index (χ0n) is 11.8. The summed E-state index contributed by atoms with van der Waals surface area (Å²) in [5, 5.41) is 15.7. The first-order chi connectivity index (χ1) is 9.15. The van der Waals surface area contributed by atoms with E-state index in [-0.39, 0.29) is 5.91 Å². The van der Waals surface area contributed by atoms with E-state index in [0.717, 1.165) is 37.0 Å². The SMILES string of the molecule is CCNCCn1nnnc1SCCCC(=O)N(C)C. The average molecular weight is 286 g/mol. The number of hydrogen-bond donors (Lipinski definition) is 1. The fraction of sp³-hybridized carbons (Fsp3) is 0.818. The predicted molar refractivity (Wildman–Crippen MR) is 75.0 cm³/mol. The molecule has 0 atom stereocenters. The van der Waals surface area contributed by atoms with E-state index in [1.54, 1.807) is 35.4 Å². The van der Waals surface area contributed by atoms with Crippen molar-refractivity contribution in [2.45, 2.75) is 31.5 Å². The first-order valence-corrected chi connectivity index (χ1v) is 7.43. The van der Waals surface area contributed by atoms with Gasteiger partial charge < -0.3 is 10.2 Å². The van der Waals surface area contributed by atoms with Crippen LogP contribution >= 0.6 is 11.8 Å². The summed E-state index contributed by atoms with van der Waals surface area (Å²) in [7, 11) is 3.55. The topological polar surface area (TPSA) is 75.9 Å². The first-order valence-electron chi connectivity index (χ1n) is 6.45. The van der Waals surface area contributed by atoms with Gasteiger partial charge >= 0.3 is 0 Å². The molecule has 1 heterocycles. The molecule has 0 saturated carbocycles. The number of carbonyl (C=O) groups is 1. The van der Waals surface area contributed by atoms with Gasteiger partial charge in [0.25, 0.3) is 0 Å². The van der Waals surface area contributed by atoms with Crippen LogP contribution in [0.2, 0.25) is 0 Å². The summed E-state index contributed by atoms with van der Waals surface area (Å²) in [6.45, 7) is 4.63. The first kappa shape index (κ1) is 15.9. The highest BCUT2D eigenvalue weighted by Gasteiger charge is 2.07. The largest absolute Gasteiger partial charge is 0.349 e. The molecule has 0 fully saturated rings. The Labute approximate surface area is 118 Å². The molecule has 8 heteroatoms. The minimum atomic E-state index is 0.160. The number of tetrazole rings is 1. The second kappa shape index (κ2) is 8.87. The number of thioether (sulfide) groups is 1. The number of nitrogens with one attached hydrogen (secondary N) is 1. The normalized spacial score (nSPS) is 10.7. The number of rotatable bonds is 9. The van der Waals surface area contributed by atoms with Crippen molar-refractivity contribution in [3.05, 3.63) is 0 Å². The lowest BCUT2D eigenvalue weighted by atomic mass is 10.3. The molecule has 0 saturated heterocycles. The summed E-state index contributed by atoms with van der Waals surface area (Å²) >= 11 is 1.59. The van der Waals surface area contributed by atoms with Crippen molar-refractivity contribution in [2.75, 3.05) is 32.9 Å². The summed E-state index contributed by atoms with van der Waals surface area (Å²) in [5.74, 6) is 1.01. The van der Waals surface area contributed by atoms with Crippen LogP contribution < -0.4 is 5.32 Å². The van der Waals surface area contributed by atoms with Gasteiger partial charge in [0, 0.05) is 32.8 Å². The average Bonchev–Trinajstić information content (AvgIpc) is 2.82. The maximum Gasteiger partial charge on any atom is 0.222 e. The number of nitrogens with zero attached hydrogens (tertiary/aromatic N) is 5. The molecule has 1 aromatic rings. The van der Waals surface area contributed by atoms with E-state index in [0.29, 0.717) is 6.42 Å². The Morgan fingerprint density at radius 3 is 2.95 bits per heavy atom. The number of likely N-dealkylation sites (N-methyl/N-ethyl adjacent to an activating group) is 1. The molecule has 1 amide bonds. The van der Waals surface area contributed by atoms with Crippen LogP contribution in [0, 0.1) is 0 Å². The van der Waals surface area contributed by atoms with Crippen LogP contribution in [0.15, 0.2) is 5.16 Å². The smallest absolute Gasteiger partial charge is 0.222 e. The third-order valence-corrected chi connectivity index (χ3v) is 3.56. The van der Waals surface area contributed by atoms with Crippen molar-refractivity contribution < 1.29 is 4.79 Å². The molecule has 0 aliphatic heterocycles. The van der Waals surface area contributed by atoms with Gasteiger partial charge in [0.1, 0.15) is 0 Å². The second-order valence-electron chi connectivity index (χ2n) is 4.28. The van der Waals surface area contributed by atoms with Gasteiger partial charge in [0.05, 0.1) is 6.54 Å². The van der Waals surface area contributed by atoms with Crippen LogP contribution in [0.25, 0.3) is 0 Å². The molecule has 0 aliphatic rings. The fourth-order valence-corrected chi connectivity index (χ4v) is 2.25. The van der Waals surface area contributed by atoms with Gasteiger partial charge in [0.2, 0.25) is 11.1 Å². The van der Waals surface area contributed by atoms with Crippen LogP contribution in [0.1, 0.15) is 19.8 Å². The van der Waals surface area contributed by atoms with Crippen molar-refractivity contribution >= 4 is 17.7 Å². The van der Waals surface area contributed by atoms with Gasteiger partial charge in [-0.2, -0.15) is 0 Å². The second-order valence-corrected chi connectivity index (χ2v) is 5.34. The third kappa shape index (κ3) is 6.02. The molecule has 0 aliphatic carbocycles. The Morgan fingerprint density at radius 2 is 2.26 bits per heavy atom. The highest BCUT2D eigenvalue weighted by molar-refractivity contribution is 7.99. The monoisotopic (exact) mass is 286 g/mol. The van der Waals surface area contributed by atoms with Crippen molar-refractivity contribution in [1.82, 2.24) is 30.4 Å². The van der Waals surface area contributed by atoms with Crippen LogP contribution in [0.3, 0.4) is 0 Å². The standard InChI is InChI=1S/C11H22N6OS/c1-4-12-7-8-17-11(13-14-15-17)19-9-5-6-10(18)16(2)3/h12H,4-9H2,1-3H3. The molecule has 0 bridgehead atoms. The molecular formula is C11H22N6OS. The zero-order chi connectivity index (χ0) is 14.1. The van der Waals surface area contributed by atoms with Gasteiger partial charge in [-0.3, -0.25) is 4.79 Å². The van der Waals surface area contributed by atoms with Crippen molar-refractivity contribution in [3.8, 4) is 0 Å². The number of hydrogen-bond acceptors (Lipinski definition) is 6. The zero-order valence-corrected chi connectivity index (χ0v) is 12.6. The van der Waals surface area contributed by atoms with Crippen LogP contribution in [0.5, 0.6) is 0 Å². The minimum Gasteiger partial charge on any atom is -0.349 e. The van der Waals surface area contributed by atoms with Crippen LogP contribution in [-0.4, -0.2) is 64.0 Å². The number of aromatic nitrogens is 4. The summed E-state index contributed by atoms with van der Waals surface area (Å²) < 4.78 is 1.79. The molecule has 0 spiro atoms. The maximum absolute atomic E-state index is 11.4. The Balaban J connectivity index is 2.25. The fourth-order valence-electron chi connectivity index (χ4n) is 1.41. The van der Waals surface area contributed by atoms with Crippen molar-refractivity contribution in [1.29, 1.82) is 0 Å². The molecular weight excluding hydrogens is 264 g/mol. The minimum absolute atomic E-state index is 0.160. The van der Waals surface area contributed by atoms with Crippen LogP contribution in [0.4, 0.5) is 0 Å². The molecule has 19 heavy (non-hydrogen) atoms. The predicted octanol–water partition coefficient (Wildman–Crippen LogP) is 0.243. The quantitative estimate of drug-likeness (QED) is 0.518. The van der Waals surface area contributed by atoms with Crippen molar-refractivity contribution in [2.24, 2.45) is 0 Å². The summed E-state index contributed by atoms with van der Waals surface area (Å²) in [6, 6.07) is 0. The Hall–Kier alpha value is -1.15. The Bertz CT molecular complexity index is 381. The molecule has 0 aromatic carbocycles. The van der Waals surface area contributed by atoms with E-state index in [2.05, 4.69) is 27.8 Å². The van der Waals surface area contributed by atoms with E-state index in [1.165, 1.54) is 0 Å². The van der Waals surface area contributed by atoms with E-state index >= 15 is 0 Å². The highest BCUT2D eigenvalue weighted by Crippen LogP contribution is 2.15. The van der Waals surface area contributed by atoms with E-state index < -0.39 is 0 Å². The Kier molecular flexibility index (Phi) is 7.42. The molecule has 1 aromatic heterocycles. The van der Waals surface area contributed by atoms with Gasteiger partial charge in [-0.05, 0) is 23.4 Å². The molecule has 0 unspecified atom stereocenters. The molecule has 108 valence electrons. The maximum atomic E-state index is 11.4. The summed E-state index contributed by atoms with van der Waals surface area (Å²) in [4.78, 5) is 13.0. The molecule has 0 radical (unpaired) electrons. The molecule has 1 rings (SSSR count). The summed E-state index contributed by atoms with van der Waals surface area (Å²) in [5.41, 5.74) is 0. The van der Waals surface area contributed by atoms with E-state index in [9.17, 15) is 4.79 Å². The Morgan fingerprint density at radius 1 is 1.47 bits per heavy atom. The lowest BCUT2D eigenvalue weighted by Gasteiger charge is -2.09. The van der Waals surface area contributed by atoms with Gasteiger partial charge in [-0.25, -0.2) is 4.68 Å². The van der Waals surface area contributed by atoms with Gasteiger partial charge in [0.15, 0.2) is 0 Å². The third-order valence-electron chi connectivity index (χ3n) is 2.51. The number of amides is 1. The van der Waals surface area contributed by atoms with Crippen LogP contribution in [-0.2, 0) is 11.3 Å². The highest BCUT2D eigenvalue weighted by atomic mass is 32.2. The summed E-state index contributed by atoms with van der Waals surface area (Å²) in [6.07, 6.45) is 1.40. The van der Waals surface area contributed by atoms with Gasteiger partial charge in [-0.15, -0.1) is 5.10 Å². The molecule has 1 N–H and O–H groups in total. The van der Waals surface area contributed by atoms with Gasteiger partial charge in [-0.1, -0.05) is 18.7 Å². The molecule has 7 nitrogen and oxygen atoms in total. The van der Waals surface area contributed by atoms with E-state index in [4.69, 9.17) is 0 Å². The lowest BCUT2D eigenvalue weighted by molar-refractivity contribution is -0.128. The van der Waals surface area contributed by atoms with Crippen molar-refractivity contribution in [3.63, 3.8) is 0 Å².